The molecule has 0 aliphatic rings. The van der Waals surface area contributed by atoms with Crippen LogP contribution in [-0.2, 0) is 16.8 Å². The summed E-state index contributed by atoms with van der Waals surface area (Å²) in [6, 6.07) is 3.76. The normalized spacial score (nSPS) is 13.9. The van der Waals surface area contributed by atoms with Gasteiger partial charge in [-0.2, -0.15) is 5.10 Å². The van der Waals surface area contributed by atoms with Gasteiger partial charge in [-0.3, -0.25) is 9.89 Å². The number of carbonyl (C=O) groups excluding carboxylic acids is 1. The summed E-state index contributed by atoms with van der Waals surface area (Å²) in [7, 11) is 0. The fourth-order valence-corrected chi connectivity index (χ4v) is 3.00. The number of nitrogens with one attached hydrogen (secondary N) is 2. The van der Waals surface area contributed by atoms with Gasteiger partial charge < -0.3 is 10.4 Å². The number of H-pyrrole nitrogens is 1. The van der Waals surface area contributed by atoms with Gasteiger partial charge in [-0.15, -0.1) is 11.3 Å². The lowest BCUT2D eigenvalue weighted by Gasteiger charge is -2.22. The highest BCUT2D eigenvalue weighted by molar-refractivity contribution is 7.10. The number of aromatic amines is 1. The molecule has 0 aliphatic heterocycles. The second kappa shape index (κ2) is 6.41. The molecule has 1 unspecified atom stereocenters. The van der Waals surface area contributed by atoms with Gasteiger partial charge in [0.05, 0.1) is 12.2 Å². The van der Waals surface area contributed by atoms with Crippen LogP contribution in [0.2, 0.25) is 0 Å². The fraction of sp³-hybridized carbons (Fsp3) is 0.467. The van der Waals surface area contributed by atoms with E-state index in [0.717, 1.165) is 21.8 Å². The van der Waals surface area contributed by atoms with Crippen molar-refractivity contribution in [3.8, 4) is 0 Å². The Bertz CT molecular complexity index is 583. The Kier molecular flexibility index (Phi) is 4.80. The Balaban J connectivity index is 1.83. The average molecular weight is 307 g/mol. The summed E-state index contributed by atoms with van der Waals surface area (Å²) in [6.45, 7) is 5.81. The van der Waals surface area contributed by atoms with Crippen LogP contribution in [0.25, 0.3) is 0 Å². The van der Waals surface area contributed by atoms with Crippen molar-refractivity contribution in [1.82, 2.24) is 15.5 Å². The molecule has 3 N–H and O–H groups in total. The molecule has 0 aromatic carbocycles. The van der Waals surface area contributed by atoms with Crippen molar-refractivity contribution in [2.24, 2.45) is 0 Å². The first kappa shape index (κ1) is 15.7. The predicted molar refractivity (Wildman–Crippen MR) is 83.3 cm³/mol. The molecule has 114 valence electrons. The summed E-state index contributed by atoms with van der Waals surface area (Å²) < 4.78 is 0. The lowest BCUT2D eigenvalue weighted by atomic mass is 10.0. The van der Waals surface area contributed by atoms with E-state index in [2.05, 4.69) is 15.5 Å². The van der Waals surface area contributed by atoms with Crippen molar-refractivity contribution in [2.75, 3.05) is 6.54 Å². The first-order valence-electron chi connectivity index (χ1n) is 6.93. The van der Waals surface area contributed by atoms with Crippen molar-refractivity contribution in [2.45, 2.75) is 39.2 Å². The highest BCUT2D eigenvalue weighted by Crippen LogP contribution is 2.24. The number of hydrogen-bond acceptors (Lipinski definition) is 4. The number of aromatic nitrogens is 2. The highest BCUT2D eigenvalue weighted by atomic mass is 32.1. The second-order valence-corrected chi connectivity index (χ2v) is 6.39. The van der Waals surface area contributed by atoms with Crippen molar-refractivity contribution in [3.05, 3.63) is 39.3 Å². The van der Waals surface area contributed by atoms with Crippen molar-refractivity contribution >= 4 is 17.2 Å². The Morgan fingerprint density at radius 3 is 2.86 bits per heavy atom. The first-order chi connectivity index (χ1) is 9.90. The van der Waals surface area contributed by atoms with Gasteiger partial charge in [0.2, 0.25) is 5.91 Å². The average Bonchev–Trinajstić information content (AvgIpc) is 3.06. The van der Waals surface area contributed by atoms with E-state index in [-0.39, 0.29) is 12.5 Å². The van der Waals surface area contributed by atoms with E-state index in [1.54, 1.807) is 6.92 Å². The molecule has 2 rings (SSSR count). The van der Waals surface area contributed by atoms with Gasteiger partial charge in [0.15, 0.2) is 0 Å². The van der Waals surface area contributed by atoms with E-state index < -0.39 is 5.60 Å². The largest absolute Gasteiger partial charge is 0.383 e. The van der Waals surface area contributed by atoms with Gasteiger partial charge in [0, 0.05) is 17.0 Å². The summed E-state index contributed by atoms with van der Waals surface area (Å²) in [6.07, 6.45) is 1.04. The van der Waals surface area contributed by atoms with Crippen LogP contribution < -0.4 is 5.32 Å². The van der Waals surface area contributed by atoms with E-state index in [1.807, 2.05) is 31.4 Å². The first-order valence-corrected chi connectivity index (χ1v) is 7.81. The number of thiophene rings is 1. The molecule has 1 amide bonds. The summed E-state index contributed by atoms with van der Waals surface area (Å²) in [5, 5.41) is 22.1. The molecule has 0 radical (unpaired) electrons. The van der Waals surface area contributed by atoms with Gasteiger partial charge in [0.25, 0.3) is 0 Å². The summed E-state index contributed by atoms with van der Waals surface area (Å²) in [5.74, 6) is -0.0631. The summed E-state index contributed by atoms with van der Waals surface area (Å²) in [4.78, 5) is 12.8. The third kappa shape index (κ3) is 3.92. The van der Waals surface area contributed by atoms with Crippen LogP contribution in [0.1, 0.15) is 35.2 Å². The van der Waals surface area contributed by atoms with Gasteiger partial charge in [-0.1, -0.05) is 6.07 Å². The lowest BCUT2D eigenvalue weighted by Crippen LogP contribution is -2.38. The Hall–Kier alpha value is -1.66. The molecular weight excluding hydrogens is 286 g/mol. The molecule has 1 atom stereocenters. The summed E-state index contributed by atoms with van der Waals surface area (Å²) >= 11 is 1.48. The molecule has 0 spiro atoms. The molecule has 0 saturated heterocycles. The fourth-order valence-electron chi connectivity index (χ4n) is 2.21. The molecule has 2 heterocycles. The number of carbonyl (C=O) groups is 1. The second-order valence-electron chi connectivity index (χ2n) is 5.44. The minimum absolute atomic E-state index is 0.0631. The number of aryl methyl sites for hydroxylation is 2. The maximum atomic E-state index is 11.9. The van der Waals surface area contributed by atoms with Crippen LogP contribution in [-0.4, -0.2) is 27.8 Å². The van der Waals surface area contributed by atoms with Crippen LogP contribution in [0, 0.1) is 13.8 Å². The van der Waals surface area contributed by atoms with Crippen molar-refractivity contribution < 1.29 is 9.90 Å². The topological polar surface area (TPSA) is 78.0 Å². The Morgan fingerprint density at radius 2 is 2.29 bits per heavy atom. The van der Waals surface area contributed by atoms with Crippen LogP contribution in [0.3, 0.4) is 0 Å². The molecule has 0 saturated carbocycles. The molecule has 0 bridgehead atoms. The maximum absolute atomic E-state index is 11.9. The minimum Gasteiger partial charge on any atom is -0.383 e. The number of hydrogen-bond donors (Lipinski definition) is 3. The van der Waals surface area contributed by atoms with E-state index in [4.69, 9.17) is 0 Å². The van der Waals surface area contributed by atoms with Crippen LogP contribution in [0.4, 0.5) is 0 Å². The molecule has 5 nitrogen and oxygen atoms in total. The van der Waals surface area contributed by atoms with Crippen LogP contribution in [0.15, 0.2) is 17.5 Å². The van der Waals surface area contributed by atoms with E-state index in [1.165, 1.54) is 11.3 Å². The minimum atomic E-state index is -1.02. The van der Waals surface area contributed by atoms with E-state index in [0.29, 0.717) is 12.8 Å². The molecule has 2 aromatic rings. The molecule has 0 aliphatic carbocycles. The predicted octanol–water partition coefficient (Wildman–Crippen LogP) is 2.04. The number of nitrogens with zero attached hydrogens (tertiary/aromatic N) is 1. The third-order valence-corrected chi connectivity index (χ3v) is 4.69. The maximum Gasteiger partial charge on any atom is 0.220 e. The quantitative estimate of drug-likeness (QED) is 0.764. The van der Waals surface area contributed by atoms with Gasteiger partial charge in [-0.25, -0.2) is 0 Å². The van der Waals surface area contributed by atoms with Crippen LogP contribution in [0.5, 0.6) is 0 Å². The Labute approximate surface area is 128 Å². The monoisotopic (exact) mass is 307 g/mol. The zero-order valence-corrected chi connectivity index (χ0v) is 13.4. The smallest absolute Gasteiger partial charge is 0.220 e. The highest BCUT2D eigenvalue weighted by Gasteiger charge is 2.24. The SMILES string of the molecule is Cc1n[nH]c(C)c1CCC(=O)NCC(C)(O)c1cccs1. The lowest BCUT2D eigenvalue weighted by molar-refractivity contribution is -0.122. The van der Waals surface area contributed by atoms with Gasteiger partial charge >= 0.3 is 0 Å². The van der Waals surface area contributed by atoms with Gasteiger partial charge in [0.1, 0.15) is 5.60 Å². The third-order valence-electron chi connectivity index (χ3n) is 3.56. The zero-order chi connectivity index (χ0) is 15.5. The molecule has 21 heavy (non-hydrogen) atoms. The molecule has 2 aromatic heterocycles. The van der Waals surface area contributed by atoms with E-state index in [9.17, 15) is 9.90 Å². The molecule has 6 heteroatoms. The van der Waals surface area contributed by atoms with Crippen molar-refractivity contribution in [1.29, 1.82) is 0 Å². The summed E-state index contributed by atoms with van der Waals surface area (Å²) in [5.41, 5.74) is 2.01. The molecular formula is C15H21N3O2S. The van der Waals surface area contributed by atoms with Gasteiger partial charge in [-0.05, 0) is 44.2 Å². The van der Waals surface area contributed by atoms with Crippen molar-refractivity contribution in [3.63, 3.8) is 0 Å². The standard InChI is InChI=1S/C15H21N3O2S/c1-10-12(11(2)18-17-10)6-7-14(19)16-9-15(3,20)13-5-4-8-21-13/h4-5,8,20H,6-7,9H2,1-3H3,(H,16,19)(H,17,18). The number of amides is 1. The Morgan fingerprint density at radius 1 is 1.52 bits per heavy atom. The number of rotatable bonds is 6. The van der Waals surface area contributed by atoms with Crippen LogP contribution >= 0.6 is 11.3 Å². The number of aliphatic hydroxyl groups is 1. The van der Waals surface area contributed by atoms with E-state index >= 15 is 0 Å². The zero-order valence-electron chi connectivity index (χ0n) is 12.6. The molecule has 0 fully saturated rings.